The fourth-order valence-electron chi connectivity index (χ4n) is 2.89. The van der Waals surface area contributed by atoms with Gasteiger partial charge in [0.15, 0.2) is 0 Å². The third-order valence-corrected chi connectivity index (χ3v) is 4.87. The molecular weight excluding hydrogens is 493 g/mol. The summed E-state index contributed by atoms with van der Waals surface area (Å²) >= 11 is 9.49. The van der Waals surface area contributed by atoms with Crippen LogP contribution in [0.25, 0.3) is 0 Å². The number of halogens is 8. The van der Waals surface area contributed by atoms with Crippen molar-refractivity contribution in [2.24, 2.45) is 0 Å². The van der Waals surface area contributed by atoms with Gasteiger partial charge < -0.3 is 19.9 Å². The zero-order valence-corrected chi connectivity index (χ0v) is 17.1. The number of aryl methyl sites for hydroxylation is 2. The molecule has 0 saturated carbocycles. The number of azo groups is 1. The largest absolute Gasteiger partial charge is 0.561 e. The number of alkyl halides is 8. The van der Waals surface area contributed by atoms with E-state index in [2.05, 4.69) is 9.47 Å². The summed E-state index contributed by atoms with van der Waals surface area (Å²) in [4.78, 5) is -0.194. The van der Waals surface area contributed by atoms with Crippen molar-refractivity contribution in [1.29, 1.82) is 0 Å². The monoisotopic (exact) mass is 504 g/mol. The molecule has 0 N–H and O–H groups in total. The number of ether oxygens (including phenoxy) is 2. The van der Waals surface area contributed by atoms with E-state index in [1.54, 1.807) is 0 Å². The van der Waals surface area contributed by atoms with E-state index in [4.69, 9.17) is 23.2 Å². The molecule has 1 aliphatic rings. The highest BCUT2D eigenvalue weighted by molar-refractivity contribution is 6.20. The van der Waals surface area contributed by atoms with Gasteiger partial charge in [0, 0.05) is 23.3 Å². The first-order valence-corrected chi connectivity index (χ1v) is 9.59. The Morgan fingerprint density at radius 3 is 1.41 bits per heavy atom. The van der Waals surface area contributed by atoms with Crippen LogP contribution < -0.4 is 9.47 Å². The fourth-order valence-corrected chi connectivity index (χ4v) is 2.98. The average Bonchev–Trinajstić information content (AvgIpc) is 2.70. The maximum Gasteiger partial charge on any atom is 0.444 e. The Hall–Kier alpha value is -2.60. The summed E-state index contributed by atoms with van der Waals surface area (Å²) in [5, 5.41) is 25.0. The summed E-state index contributed by atoms with van der Waals surface area (Å²) in [6.45, 7) is 0. The molecule has 1 aliphatic heterocycles. The SMILES string of the molecule is [O-]/[N+]1=[N+](\[O-])c2ccc(OC(F)(F)C(F)Cl)cc2CCc2cc(OC(F)(F)C(F)Cl)ccc21. The molecule has 0 radical (unpaired) electrons. The standard InChI is InChI=1S/C18H12Cl2F6N2O4/c19-15(21)17(23,24)31-11-3-5-13-9(7-11)1-2-10-8-12(32-18(25,26)16(20)22)4-6-14(10)28(30)27(13)29/h3-8,15-16H,1-2H2/b28-27-. The van der Waals surface area contributed by atoms with Crippen LogP contribution in [0.1, 0.15) is 11.1 Å². The molecule has 174 valence electrons. The molecule has 2 unspecified atom stereocenters. The number of nitrogens with zero attached hydrogens (tertiary/aromatic N) is 2. The van der Waals surface area contributed by atoms with E-state index in [1.807, 2.05) is 0 Å². The Bertz CT molecular complexity index is 971. The first kappa shape index (κ1) is 24.1. The Morgan fingerprint density at radius 2 is 1.09 bits per heavy atom. The van der Waals surface area contributed by atoms with Crippen molar-refractivity contribution in [3.63, 3.8) is 0 Å². The average molecular weight is 505 g/mol. The molecule has 0 fully saturated rings. The van der Waals surface area contributed by atoms with Crippen LogP contribution in [0.2, 0.25) is 0 Å². The molecule has 0 bridgehead atoms. The normalized spacial score (nSPS) is 18.6. The van der Waals surface area contributed by atoms with Crippen molar-refractivity contribution in [1.82, 2.24) is 0 Å². The Kier molecular flexibility index (Phi) is 6.57. The summed E-state index contributed by atoms with van der Waals surface area (Å²) in [5.74, 6) is -1.06. The zero-order chi connectivity index (χ0) is 23.8. The van der Waals surface area contributed by atoms with Crippen LogP contribution in [0, 0.1) is 10.4 Å². The van der Waals surface area contributed by atoms with Crippen LogP contribution in [0.5, 0.6) is 11.5 Å². The van der Waals surface area contributed by atoms with Gasteiger partial charge in [-0.3, -0.25) is 0 Å². The predicted octanol–water partition coefficient (Wildman–Crippen LogP) is 6.23. The lowest BCUT2D eigenvalue weighted by atomic mass is 10.0. The van der Waals surface area contributed by atoms with Gasteiger partial charge in [0.05, 0.1) is 9.72 Å². The highest BCUT2D eigenvalue weighted by Gasteiger charge is 2.43. The maximum absolute atomic E-state index is 13.4. The van der Waals surface area contributed by atoms with Crippen LogP contribution in [-0.2, 0) is 12.8 Å². The number of rotatable bonds is 6. The highest BCUT2D eigenvalue weighted by Crippen LogP contribution is 2.36. The van der Waals surface area contributed by atoms with Gasteiger partial charge in [-0.1, -0.05) is 23.2 Å². The number of hydrogen-bond acceptors (Lipinski definition) is 4. The highest BCUT2D eigenvalue weighted by atomic mass is 35.5. The minimum atomic E-state index is -4.36. The lowest BCUT2D eigenvalue weighted by Crippen LogP contribution is -2.32. The molecule has 2 atom stereocenters. The molecule has 2 aromatic carbocycles. The van der Waals surface area contributed by atoms with E-state index in [0.29, 0.717) is 0 Å². The first-order valence-electron chi connectivity index (χ1n) is 8.72. The summed E-state index contributed by atoms with van der Waals surface area (Å²) in [6.07, 6.45) is -8.81. The van der Waals surface area contributed by atoms with Gasteiger partial charge in [-0.25, -0.2) is 8.78 Å². The molecule has 0 aliphatic carbocycles. The molecule has 32 heavy (non-hydrogen) atoms. The van der Waals surface area contributed by atoms with Gasteiger partial charge in [0.2, 0.25) is 0 Å². The van der Waals surface area contributed by atoms with Crippen molar-refractivity contribution in [3.05, 3.63) is 57.9 Å². The van der Waals surface area contributed by atoms with Gasteiger partial charge in [-0.15, -0.1) is 0 Å². The van der Waals surface area contributed by atoms with E-state index in [9.17, 15) is 36.8 Å². The zero-order valence-electron chi connectivity index (χ0n) is 15.6. The van der Waals surface area contributed by atoms with Gasteiger partial charge in [0.25, 0.3) is 22.6 Å². The molecule has 0 saturated heterocycles. The van der Waals surface area contributed by atoms with Crippen LogP contribution in [-0.4, -0.2) is 33.2 Å². The van der Waals surface area contributed by atoms with E-state index < -0.39 is 35.0 Å². The summed E-state index contributed by atoms with van der Waals surface area (Å²) in [5.41, 5.74) is -6.58. The van der Waals surface area contributed by atoms with E-state index >= 15 is 0 Å². The topological polar surface area (TPSA) is 70.6 Å². The molecule has 2 aromatic rings. The van der Waals surface area contributed by atoms with Crippen LogP contribution in [0.3, 0.4) is 0 Å². The lowest BCUT2D eigenvalue weighted by molar-refractivity contribution is -0.897. The van der Waals surface area contributed by atoms with Crippen LogP contribution in [0.4, 0.5) is 37.7 Å². The van der Waals surface area contributed by atoms with Crippen molar-refractivity contribution in [3.8, 4) is 11.5 Å². The van der Waals surface area contributed by atoms with Gasteiger partial charge in [-0.2, -0.15) is 17.6 Å². The molecule has 0 aromatic heterocycles. The fraction of sp³-hybridized carbons (Fsp3) is 0.333. The number of benzene rings is 2. The first-order chi connectivity index (χ1) is 14.8. The van der Waals surface area contributed by atoms with Gasteiger partial charge in [-0.05, 0) is 37.1 Å². The minimum Gasteiger partial charge on any atom is -0.561 e. The van der Waals surface area contributed by atoms with Crippen molar-refractivity contribution < 1.29 is 45.5 Å². The Morgan fingerprint density at radius 1 is 0.750 bits per heavy atom. The molecule has 14 heteroatoms. The third kappa shape index (κ3) is 4.90. The molecule has 3 rings (SSSR count). The van der Waals surface area contributed by atoms with E-state index in [1.165, 1.54) is 0 Å². The van der Waals surface area contributed by atoms with Crippen molar-refractivity contribution in [2.45, 2.75) is 36.3 Å². The number of hydrogen-bond donors (Lipinski definition) is 0. The lowest BCUT2D eigenvalue weighted by Gasteiger charge is -2.20. The van der Waals surface area contributed by atoms with E-state index in [0.717, 1.165) is 36.4 Å². The minimum absolute atomic E-state index is 0.0430. The summed E-state index contributed by atoms with van der Waals surface area (Å²) < 4.78 is 87.7. The quantitative estimate of drug-likeness (QED) is 0.202. The van der Waals surface area contributed by atoms with Crippen LogP contribution in [0.15, 0.2) is 36.4 Å². The van der Waals surface area contributed by atoms with Crippen LogP contribution >= 0.6 is 23.2 Å². The van der Waals surface area contributed by atoms with Gasteiger partial charge in [0.1, 0.15) is 11.5 Å². The molecule has 0 amide bonds. The molecule has 6 nitrogen and oxygen atoms in total. The summed E-state index contributed by atoms with van der Waals surface area (Å²) in [6, 6.07) is 5.86. The second-order valence-electron chi connectivity index (χ2n) is 6.56. The summed E-state index contributed by atoms with van der Waals surface area (Å²) in [7, 11) is 0. The Labute approximate surface area is 186 Å². The van der Waals surface area contributed by atoms with Crippen molar-refractivity contribution in [2.75, 3.05) is 0 Å². The van der Waals surface area contributed by atoms with Gasteiger partial charge >= 0.3 is 12.2 Å². The third-order valence-electron chi connectivity index (χ3n) is 4.36. The molecular formula is C18H12Cl2F6N2O4. The number of fused-ring (bicyclic) bond motifs is 2. The van der Waals surface area contributed by atoms with E-state index in [-0.39, 0.29) is 45.1 Å². The Balaban J connectivity index is 1.97. The molecule has 0 spiro atoms. The maximum atomic E-state index is 13.4. The predicted molar refractivity (Wildman–Crippen MR) is 99.5 cm³/mol. The van der Waals surface area contributed by atoms with Crippen molar-refractivity contribution >= 4 is 34.6 Å². The smallest absolute Gasteiger partial charge is 0.444 e. The second kappa shape index (κ2) is 8.74. The molecule has 1 heterocycles. The second-order valence-corrected chi connectivity index (χ2v) is 7.32.